The molecule has 1 aliphatic rings. The minimum absolute atomic E-state index is 1.09. The highest BCUT2D eigenvalue weighted by Gasteiger charge is 2.13. The van der Waals surface area contributed by atoms with Crippen molar-refractivity contribution in [2.75, 3.05) is 13.1 Å². The van der Waals surface area contributed by atoms with Crippen LogP contribution in [0.3, 0.4) is 0 Å². The van der Waals surface area contributed by atoms with Crippen LogP contribution in [0.25, 0.3) is 0 Å². The van der Waals surface area contributed by atoms with Crippen LogP contribution in [0, 0.1) is 0 Å². The van der Waals surface area contributed by atoms with E-state index in [4.69, 9.17) is 12.2 Å². The average Bonchev–Trinajstić information content (AvgIpc) is 2.29. The van der Waals surface area contributed by atoms with Gasteiger partial charge in [-0.15, -0.1) is 0 Å². The lowest BCUT2D eigenvalue weighted by atomic mass is 10.1. The summed E-state index contributed by atoms with van der Waals surface area (Å²) in [6.07, 6.45) is 4.81. The lowest BCUT2D eigenvalue weighted by Gasteiger charge is -2.29. The van der Waals surface area contributed by atoms with Crippen LogP contribution < -0.4 is 0 Å². The minimum Gasteiger partial charge on any atom is -0.366 e. The van der Waals surface area contributed by atoms with Gasteiger partial charge in [0.1, 0.15) is 0 Å². The van der Waals surface area contributed by atoms with E-state index in [1.54, 1.807) is 0 Å². The van der Waals surface area contributed by atoms with Crippen molar-refractivity contribution in [3.8, 4) is 0 Å². The molecule has 0 aliphatic carbocycles. The molecule has 1 heterocycles. The summed E-state index contributed by atoms with van der Waals surface area (Å²) in [5.74, 6) is 0. The van der Waals surface area contributed by atoms with Crippen molar-refractivity contribution in [3.63, 3.8) is 0 Å². The van der Waals surface area contributed by atoms with Crippen LogP contribution in [0.15, 0.2) is 30.3 Å². The molecule has 0 saturated carbocycles. The lowest BCUT2D eigenvalue weighted by Crippen LogP contribution is -2.35. The van der Waals surface area contributed by atoms with Gasteiger partial charge in [0.15, 0.2) is 0 Å². The molecule has 1 aromatic rings. The highest BCUT2D eigenvalue weighted by Crippen LogP contribution is 2.12. The lowest BCUT2D eigenvalue weighted by molar-refractivity contribution is 0.381. The highest BCUT2D eigenvalue weighted by molar-refractivity contribution is 7.80. The Bertz CT molecular complexity index is 321. The Labute approximate surface area is 97.1 Å². The predicted octanol–water partition coefficient (Wildman–Crippen LogP) is 3.04. The molecule has 0 radical (unpaired) electrons. The van der Waals surface area contributed by atoms with E-state index >= 15 is 0 Å². The second-order valence-electron chi connectivity index (χ2n) is 4.07. The van der Waals surface area contributed by atoms with Gasteiger partial charge in [0, 0.05) is 13.1 Å². The normalized spacial score (nSPS) is 16.8. The van der Waals surface area contributed by atoms with Crippen LogP contribution in [-0.4, -0.2) is 23.0 Å². The first-order valence-electron chi connectivity index (χ1n) is 5.68. The number of thiocarbonyl (C=S) groups is 1. The van der Waals surface area contributed by atoms with Crippen molar-refractivity contribution in [1.29, 1.82) is 0 Å². The Morgan fingerprint density at radius 2 is 1.93 bits per heavy atom. The Kier molecular flexibility index (Phi) is 3.73. The van der Waals surface area contributed by atoms with Gasteiger partial charge < -0.3 is 4.90 Å². The van der Waals surface area contributed by atoms with Gasteiger partial charge in [-0.1, -0.05) is 42.5 Å². The van der Waals surface area contributed by atoms with Gasteiger partial charge >= 0.3 is 0 Å². The average molecular weight is 219 g/mol. The topological polar surface area (TPSA) is 3.24 Å². The maximum atomic E-state index is 5.37. The Balaban J connectivity index is 1.85. The van der Waals surface area contributed by atoms with Crippen molar-refractivity contribution < 1.29 is 0 Å². The maximum absolute atomic E-state index is 5.37. The Hall–Kier alpha value is -0.890. The number of piperidine rings is 1. The third-order valence-corrected chi connectivity index (χ3v) is 3.40. The molecule has 80 valence electrons. The van der Waals surface area contributed by atoms with Crippen LogP contribution in [0.5, 0.6) is 0 Å². The molecule has 1 saturated heterocycles. The fourth-order valence-electron chi connectivity index (χ4n) is 2.01. The summed E-state index contributed by atoms with van der Waals surface area (Å²) in [4.78, 5) is 3.53. The van der Waals surface area contributed by atoms with Crippen LogP contribution >= 0.6 is 12.2 Å². The number of nitrogens with zero attached hydrogens (tertiary/aromatic N) is 1. The molecule has 0 atom stereocenters. The number of likely N-dealkylation sites (tertiary alicyclic amines) is 1. The van der Waals surface area contributed by atoms with Gasteiger partial charge in [0.2, 0.25) is 0 Å². The molecule has 1 fully saturated rings. The smallest absolute Gasteiger partial charge is 0.0779 e. The summed E-state index contributed by atoms with van der Waals surface area (Å²) in [6, 6.07) is 10.6. The standard InChI is InChI=1S/C13H17NS/c15-13-8-4-5-10-14(13)11-9-12-6-2-1-3-7-12/h1-3,6-7H,4-5,8-11H2. The van der Waals surface area contributed by atoms with E-state index in [0.29, 0.717) is 0 Å². The molecule has 2 heteroatoms. The molecule has 1 aromatic carbocycles. The fourth-order valence-corrected chi connectivity index (χ4v) is 2.33. The second-order valence-corrected chi connectivity index (χ2v) is 4.54. The first-order valence-corrected chi connectivity index (χ1v) is 6.09. The van der Waals surface area contributed by atoms with Crippen molar-refractivity contribution in [2.45, 2.75) is 25.7 Å². The molecule has 2 rings (SSSR count). The molecular formula is C13H17NS. The first-order chi connectivity index (χ1) is 7.36. The number of hydrogen-bond acceptors (Lipinski definition) is 1. The van der Waals surface area contributed by atoms with Gasteiger partial charge in [-0.2, -0.15) is 0 Å². The number of benzene rings is 1. The van der Waals surface area contributed by atoms with E-state index < -0.39 is 0 Å². The zero-order valence-electron chi connectivity index (χ0n) is 8.98. The molecule has 0 unspecified atom stereocenters. The van der Waals surface area contributed by atoms with Crippen LogP contribution in [-0.2, 0) is 6.42 Å². The van der Waals surface area contributed by atoms with Crippen LogP contribution in [0.1, 0.15) is 24.8 Å². The fraction of sp³-hybridized carbons (Fsp3) is 0.462. The Morgan fingerprint density at radius 1 is 1.13 bits per heavy atom. The third-order valence-electron chi connectivity index (χ3n) is 2.93. The summed E-state index contributed by atoms with van der Waals surface area (Å²) >= 11 is 5.37. The summed E-state index contributed by atoms with van der Waals surface area (Å²) < 4.78 is 0. The van der Waals surface area contributed by atoms with Gasteiger partial charge in [-0.3, -0.25) is 0 Å². The maximum Gasteiger partial charge on any atom is 0.0779 e. The third kappa shape index (κ3) is 3.03. The van der Waals surface area contributed by atoms with Crippen molar-refractivity contribution >= 4 is 17.2 Å². The van der Waals surface area contributed by atoms with Crippen molar-refractivity contribution in [3.05, 3.63) is 35.9 Å². The molecule has 0 spiro atoms. The van der Waals surface area contributed by atoms with E-state index in [1.165, 1.54) is 18.4 Å². The number of rotatable bonds is 3. The highest BCUT2D eigenvalue weighted by atomic mass is 32.1. The van der Waals surface area contributed by atoms with Gasteiger partial charge in [-0.25, -0.2) is 0 Å². The van der Waals surface area contributed by atoms with Crippen molar-refractivity contribution in [1.82, 2.24) is 4.90 Å². The second kappa shape index (κ2) is 5.26. The zero-order chi connectivity index (χ0) is 10.5. The summed E-state index contributed by atoms with van der Waals surface area (Å²) in [6.45, 7) is 2.24. The predicted molar refractivity (Wildman–Crippen MR) is 68.2 cm³/mol. The molecule has 0 amide bonds. The molecule has 15 heavy (non-hydrogen) atoms. The van der Waals surface area contributed by atoms with Crippen molar-refractivity contribution in [2.24, 2.45) is 0 Å². The molecule has 0 aromatic heterocycles. The summed E-state index contributed by atoms with van der Waals surface area (Å²) in [7, 11) is 0. The van der Waals surface area contributed by atoms with E-state index in [1.807, 2.05) is 0 Å². The first kappa shape index (κ1) is 10.6. The minimum atomic E-state index is 1.09. The summed E-state index contributed by atoms with van der Waals surface area (Å²) in [5, 5.41) is 0. The zero-order valence-corrected chi connectivity index (χ0v) is 9.80. The monoisotopic (exact) mass is 219 g/mol. The quantitative estimate of drug-likeness (QED) is 0.719. The van der Waals surface area contributed by atoms with E-state index in [0.717, 1.165) is 30.9 Å². The molecule has 1 aliphatic heterocycles. The van der Waals surface area contributed by atoms with E-state index in [-0.39, 0.29) is 0 Å². The Morgan fingerprint density at radius 3 is 2.67 bits per heavy atom. The number of hydrogen-bond donors (Lipinski definition) is 0. The molecule has 0 N–H and O–H groups in total. The molecule has 1 nitrogen and oxygen atoms in total. The van der Waals surface area contributed by atoms with E-state index in [2.05, 4.69) is 35.2 Å². The molecular weight excluding hydrogens is 202 g/mol. The van der Waals surface area contributed by atoms with Gasteiger partial charge in [0.25, 0.3) is 0 Å². The largest absolute Gasteiger partial charge is 0.366 e. The van der Waals surface area contributed by atoms with Gasteiger partial charge in [-0.05, 0) is 31.2 Å². The van der Waals surface area contributed by atoms with Crippen LogP contribution in [0.4, 0.5) is 0 Å². The molecule has 0 bridgehead atoms. The van der Waals surface area contributed by atoms with Gasteiger partial charge in [0.05, 0.1) is 4.99 Å². The van der Waals surface area contributed by atoms with Crippen LogP contribution in [0.2, 0.25) is 0 Å². The van der Waals surface area contributed by atoms with E-state index in [9.17, 15) is 0 Å². The summed E-state index contributed by atoms with van der Waals surface area (Å²) in [5.41, 5.74) is 1.41. The SMILES string of the molecule is S=C1CCCCN1CCc1ccccc1.